The highest BCUT2D eigenvalue weighted by atomic mass is 16.5. The number of carbonyl (C=O) groups is 1. The van der Waals surface area contributed by atoms with Gasteiger partial charge in [0, 0.05) is 6.07 Å². The van der Waals surface area contributed by atoms with Crippen molar-refractivity contribution in [1.82, 2.24) is 0 Å². The van der Waals surface area contributed by atoms with Crippen molar-refractivity contribution >= 4 is 5.97 Å². The zero-order valence-corrected chi connectivity index (χ0v) is 11.9. The summed E-state index contributed by atoms with van der Waals surface area (Å²) in [5, 5.41) is 0. The van der Waals surface area contributed by atoms with Gasteiger partial charge in [0.25, 0.3) is 0 Å². The molecule has 0 heterocycles. The van der Waals surface area contributed by atoms with Crippen LogP contribution in [0.3, 0.4) is 0 Å². The van der Waals surface area contributed by atoms with Crippen molar-refractivity contribution in [3.63, 3.8) is 0 Å². The second-order valence-corrected chi connectivity index (χ2v) is 4.85. The highest BCUT2D eigenvalue weighted by molar-refractivity contribution is 5.90. The number of carbonyl (C=O) groups excluding carboxylic acids is 1. The number of hydrogen-bond acceptors (Lipinski definition) is 4. The molecular formula is C16H20O4. The smallest absolute Gasteiger partial charge is 0.338 e. The summed E-state index contributed by atoms with van der Waals surface area (Å²) in [5.41, 5.74) is 0.451. The van der Waals surface area contributed by atoms with E-state index in [0.717, 1.165) is 19.3 Å². The van der Waals surface area contributed by atoms with E-state index in [-0.39, 0.29) is 5.97 Å². The fourth-order valence-electron chi connectivity index (χ4n) is 2.21. The molecule has 0 fully saturated rings. The van der Waals surface area contributed by atoms with Gasteiger partial charge in [-0.25, -0.2) is 4.79 Å². The van der Waals surface area contributed by atoms with Crippen molar-refractivity contribution < 1.29 is 19.0 Å². The summed E-state index contributed by atoms with van der Waals surface area (Å²) in [6, 6.07) is 5.04. The Morgan fingerprint density at radius 1 is 1.15 bits per heavy atom. The minimum Gasteiger partial charge on any atom is -0.497 e. The predicted octanol–water partition coefficient (Wildman–Crippen LogP) is 3.22. The molecule has 1 aliphatic rings. The van der Waals surface area contributed by atoms with Crippen LogP contribution in [0.25, 0.3) is 0 Å². The lowest BCUT2D eigenvalue weighted by Crippen LogP contribution is -2.15. The maximum Gasteiger partial charge on any atom is 0.338 e. The number of allylic oxidation sites excluding steroid dienone is 2. The summed E-state index contributed by atoms with van der Waals surface area (Å²) in [6.07, 6.45) is 7.44. The molecule has 1 aromatic carbocycles. The SMILES string of the molecule is COc1cc(OC)cc(C(=O)OCC2CC=CCC2)c1. The molecule has 0 saturated carbocycles. The van der Waals surface area contributed by atoms with Crippen LogP contribution in [-0.2, 0) is 4.74 Å². The first kappa shape index (κ1) is 14.4. The van der Waals surface area contributed by atoms with Gasteiger partial charge in [0.1, 0.15) is 11.5 Å². The molecule has 0 saturated heterocycles. The summed E-state index contributed by atoms with van der Waals surface area (Å²) < 4.78 is 15.7. The average molecular weight is 276 g/mol. The summed E-state index contributed by atoms with van der Waals surface area (Å²) in [7, 11) is 3.11. The molecular weight excluding hydrogens is 256 g/mol. The zero-order chi connectivity index (χ0) is 14.4. The summed E-state index contributed by atoms with van der Waals surface area (Å²) in [5.74, 6) is 1.25. The summed E-state index contributed by atoms with van der Waals surface area (Å²) >= 11 is 0. The Balaban J connectivity index is 1.99. The Morgan fingerprint density at radius 3 is 2.40 bits per heavy atom. The molecule has 4 heteroatoms. The van der Waals surface area contributed by atoms with Crippen LogP contribution in [0.5, 0.6) is 11.5 Å². The van der Waals surface area contributed by atoms with E-state index in [9.17, 15) is 4.79 Å². The van der Waals surface area contributed by atoms with Crippen LogP contribution in [0, 0.1) is 5.92 Å². The third-order valence-corrected chi connectivity index (χ3v) is 3.41. The van der Waals surface area contributed by atoms with Gasteiger partial charge in [-0.1, -0.05) is 12.2 Å². The van der Waals surface area contributed by atoms with Crippen molar-refractivity contribution in [3.05, 3.63) is 35.9 Å². The largest absolute Gasteiger partial charge is 0.497 e. The van der Waals surface area contributed by atoms with E-state index < -0.39 is 0 Å². The lowest BCUT2D eigenvalue weighted by molar-refractivity contribution is 0.0431. The number of hydrogen-bond donors (Lipinski definition) is 0. The molecule has 0 aromatic heterocycles. The second kappa shape index (κ2) is 6.98. The van der Waals surface area contributed by atoms with E-state index in [1.165, 1.54) is 0 Å². The molecule has 20 heavy (non-hydrogen) atoms. The lowest BCUT2D eigenvalue weighted by atomic mass is 9.95. The molecule has 1 unspecified atom stereocenters. The fraction of sp³-hybridized carbons (Fsp3) is 0.438. The van der Waals surface area contributed by atoms with Gasteiger partial charge in [0.2, 0.25) is 0 Å². The van der Waals surface area contributed by atoms with E-state index in [2.05, 4.69) is 12.2 Å². The molecule has 0 amide bonds. The van der Waals surface area contributed by atoms with Crippen LogP contribution in [0.1, 0.15) is 29.6 Å². The molecule has 2 rings (SSSR count). The van der Waals surface area contributed by atoms with Crippen LogP contribution < -0.4 is 9.47 Å². The zero-order valence-electron chi connectivity index (χ0n) is 11.9. The molecule has 0 spiro atoms. The quantitative estimate of drug-likeness (QED) is 0.612. The van der Waals surface area contributed by atoms with Crippen LogP contribution in [0.2, 0.25) is 0 Å². The number of ether oxygens (including phenoxy) is 3. The minimum absolute atomic E-state index is 0.336. The van der Waals surface area contributed by atoms with Gasteiger partial charge in [0.05, 0.1) is 26.4 Å². The van der Waals surface area contributed by atoms with E-state index >= 15 is 0 Å². The van der Waals surface area contributed by atoms with Gasteiger partial charge in [-0.15, -0.1) is 0 Å². The third kappa shape index (κ3) is 3.76. The monoisotopic (exact) mass is 276 g/mol. The van der Waals surface area contributed by atoms with Crippen molar-refractivity contribution in [1.29, 1.82) is 0 Å². The number of methoxy groups -OCH3 is 2. The maximum absolute atomic E-state index is 12.1. The normalized spacial score (nSPS) is 17.6. The molecule has 108 valence electrons. The van der Waals surface area contributed by atoms with Gasteiger partial charge >= 0.3 is 5.97 Å². The standard InChI is InChI=1S/C16H20O4/c1-18-14-8-13(9-15(10-14)19-2)16(17)20-11-12-6-4-3-5-7-12/h3-4,8-10,12H,5-7,11H2,1-2H3. The van der Waals surface area contributed by atoms with E-state index in [1.807, 2.05) is 0 Å². The van der Waals surface area contributed by atoms with Crippen molar-refractivity contribution in [3.8, 4) is 11.5 Å². The average Bonchev–Trinajstić information content (AvgIpc) is 2.52. The molecule has 4 nitrogen and oxygen atoms in total. The van der Waals surface area contributed by atoms with Gasteiger partial charge in [-0.05, 0) is 37.3 Å². The molecule has 0 radical (unpaired) electrons. The first-order valence-electron chi connectivity index (χ1n) is 6.78. The first-order valence-corrected chi connectivity index (χ1v) is 6.78. The van der Waals surface area contributed by atoms with Crippen LogP contribution >= 0.6 is 0 Å². The van der Waals surface area contributed by atoms with Crippen molar-refractivity contribution in [2.45, 2.75) is 19.3 Å². The molecule has 1 aromatic rings. The van der Waals surface area contributed by atoms with E-state index in [1.54, 1.807) is 32.4 Å². The Labute approximate surface area is 119 Å². The topological polar surface area (TPSA) is 44.8 Å². The lowest BCUT2D eigenvalue weighted by Gasteiger charge is -2.17. The number of rotatable bonds is 5. The van der Waals surface area contributed by atoms with Crippen molar-refractivity contribution in [2.24, 2.45) is 5.92 Å². The second-order valence-electron chi connectivity index (χ2n) is 4.85. The Morgan fingerprint density at radius 2 is 1.85 bits per heavy atom. The van der Waals surface area contributed by atoms with E-state index in [4.69, 9.17) is 14.2 Å². The van der Waals surface area contributed by atoms with E-state index in [0.29, 0.717) is 29.6 Å². The highest BCUT2D eigenvalue weighted by Gasteiger charge is 2.15. The van der Waals surface area contributed by atoms with Crippen LogP contribution in [0.4, 0.5) is 0 Å². The number of esters is 1. The third-order valence-electron chi connectivity index (χ3n) is 3.41. The minimum atomic E-state index is -0.336. The Hall–Kier alpha value is -1.97. The predicted molar refractivity (Wildman–Crippen MR) is 76.3 cm³/mol. The molecule has 0 aliphatic heterocycles. The molecule has 1 atom stereocenters. The summed E-state index contributed by atoms with van der Waals surface area (Å²) in [6.45, 7) is 0.461. The first-order chi connectivity index (χ1) is 9.72. The Bertz CT molecular complexity index is 471. The molecule has 0 bridgehead atoms. The van der Waals surface area contributed by atoms with Gasteiger partial charge in [-0.3, -0.25) is 0 Å². The highest BCUT2D eigenvalue weighted by Crippen LogP contribution is 2.24. The van der Waals surface area contributed by atoms with Gasteiger partial charge in [0.15, 0.2) is 0 Å². The van der Waals surface area contributed by atoms with Crippen molar-refractivity contribution in [2.75, 3.05) is 20.8 Å². The Kier molecular flexibility index (Phi) is 5.04. The van der Waals surface area contributed by atoms with Gasteiger partial charge < -0.3 is 14.2 Å². The van der Waals surface area contributed by atoms with Gasteiger partial charge in [-0.2, -0.15) is 0 Å². The maximum atomic E-state index is 12.1. The number of benzene rings is 1. The fourth-order valence-corrected chi connectivity index (χ4v) is 2.21. The molecule has 1 aliphatic carbocycles. The summed E-state index contributed by atoms with van der Waals surface area (Å²) in [4.78, 5) is 12.1. The van der Waals surface area contributed by atoms with Crippen LogP contribution in [-0.4, -0.2) is 26.8 Å². The molecule has 0 N–H and O–H groups in total. The van der Waals surface area contributed by atoms with Crippen LogP contribution in [0.15, 0.2) is 30.4 Å².